The number of nitrogens with zero attached hydrogens (tertiary/aromatic N) is 2. The summed E-state index contributed by atoms with van der Waals surface area (Å²) in [6.07, 6.45) is 0.762. The first-order valence-corrected chi connectivity index (χ1v) is 10.7. The van der Waals surface area contributed by atoms with E-state index in [-0.39, 0.29) is 23.4 Å². The number of carbonyl (C=O) groups excluding carboxylic acids is 2. The van der Waals surface area contributed by atoms with Gasteiger partial charge in [0.15, 0.2) is 0 Å². The van der Waals surface area contributed by atoms with E-state index >= 15 is 0 Å². The lowest BCUT2D eigenvalue weighted by molar-refractivity contribution is -0.119. The Morgan fingerprint density at radius 1 is 0.906 bits per heavy atom. The van der Waals surface area contributed by atoms with Crippen LogP contribution in [0, 0.1) is 5.92 Å². The molecule has 2 amide bonds. The molecule has 0 radical (unpaired) electrons. The Hall–Kier alpha value is -3.74. The SMILES string of the molecule is CCc1ccccc1NC(=O)[C@@H](C)n1nc(-c2ccccc2)cc(NC(=O)C(C)C)c1=O. The van der Waals surface area contributed by atoms with Gasteiger partial charge in [0, 0.05) is 17.2 Å². The van der Waals surface area contributed by atoms with E-state index in [2.05, 4.69) is 15.7 Å². The molecule has 0 aliphatic heterocycles. The van der Waals surface area contributed by atoms with Gasteiger partial charge in [0.05, 0.1) is 5.69 Å². The fourth-order valence-corrected chi connectivity index (χ4v) is 3.19. The van der Waals surface area contributed by atoms with Crippen LogP contribution in [0.1, 0.15) is 39.3 Å². The summed E-state index contributed by atoms with van der Waals surface area (Å²) >= 11 is 0. The highest BCUT2D eigenvalue weighted by Gasteiger charge is 2.22. The van der Waals surface area contributed by atoms with Crippen LogP contribution in [-0.2, 0) is 16.0 Å². The highest BCUT2D eigenvalue weighted by Crippen LogP contribution is 2.21. The highest BCUT2D eigenvalue weighted by molar-refractivity contribution is 5.94. The zero-order valence-electron chi connectivity index (χ0n) is 18.8. The molecule has 2 N–H and O–H groups in total. The Kier molecular flexibility index (Phi) is 7.20. The standard InChI is InChI=1S/C25H28N4O3/c1-5-18-11-9-10-14-20(18)26-24(31)17(4)29-25(32)22(27-23(30)16(2)3)15-21(28-29)19-12-7-6-8-13-19/h6-17H,5H2,1-4H3,(H,26,31)(H,27,30)/t17-/m1/s1. The van der Waals surface area contributed by atoms with Crippen LogP contribution >= 0.6 is 0 Å². The first-order chi connectivity index (χ1) is 15.3. The molecule has 7 nitrogen and oxygen atoms in total. The van der Waals surface area contributed by atoms with E-state index in [4.69, 9.17) is 0 Å². The normalized spacial score (nSPS) is 11.8. The fraction of sp³-hybridized carbons (Fsp3) is 0.280. The number of para-hydroxylation sites is 1. The number of benzene rings is 2. The summed E-state index contributed by atoms with van der Waals surface area (Å²) in [5.74, 6) is -0.956. The molecule has 0 bridgehead atoms. The van der Waals surface area contributed by atoms with E-state index in [9.17, 15) is 14.4 Å². The Labute approximate surface area is 187 Å². The smallest absolute Gasteiger partial charge is 0.291 e. The largest absolute Gasteiger partial charge is 0.324 e. The van der Waals surface area contributed by atoms with Crippen molar-refractivity contribution in [2.24, 2.45) is 5.92 Å². The van der Waals surface area contributed by atoms with Crippen LogP contribution in [0.5, 0.6) is 0 Å². The Bertz CT molecular complexity index is 1170. The zero-order chi connectivity index (χ0) is 23.3. The van der Waals surface area contributed by atoms with E-state index in [0.717, 1.165) is 22.2 Å². The minimum Gasteiger partial charge on any atom is -0.324 e. The summed E-state index contributed by atoms with van der Waals surface area (Å²) in [7, 11) is 0. The van der Waals surface area contributed by atoms with Gasteiger partial charge in [0.2, 0.25) is 11.8 Å². The number of amides is 2. The van der Waals surface area contributed by atoms with Crippen LogP contribution in [0.2, 0.25) is 0 Å². The molecule has 1 aromatic heterocycles. The molecule has 1 atom stereocenters. The van der Waals surface area contributed by atoms with E-state index in [0.29, 0.717) is 11.4 Å². The van der Waals surface area contributed by atoms with Gasteiger partial charge in [0.25, 0.3) is 5.56 Å². The molecule has 32 heavy (non-hydrogen) atoms. The molecule has 2 aromatic carbocycles. The average molecular weight is 433 g/mol. The number of nitrogens with one attached hydrogen (secondary N) is 2. The van der Waals surface area contributed by atoms with Gasteiger partial charge >= 0.3 is 0 Å². The number of rotatable bonds is 7. The molecule has 0 spiro atoms. The third-order valence-electron chi connectivity index (χ3n) is 5.19. The summed E-state index contributed by atoms with van der Waals surface area (Å²) in [5, 5.41) is 10.0. The molecule has 0 unspecified atom stereocenters. The van der Waals surface area contributed by atoms with Crippen LogP contribution < -0.4 is 16.2 Å². The monoisotopic (exact) mass is 432 g/mol. The predicted molar refractivity (Wildman–Crippen MR) is 127 cm³/mol. The zero-order valence-corrected chi connectivity index (χ0v) is 18.8. The van der Waals surface area contributed by atoms with Crippen LogP contribution in [0.4, 0.5) is 11.4 Å². The maximum atomic E-state index is 13.1. The van der Waals surface area contributed by atoms with Gasteiger partial charge in [-0.3, -0.25) is 14.4 Å². The quantitative estimate of drug-likeness (QED) is 0.583. The molecule has 7 heteroatoms. The van der Waals surface area contributed by atoms with Crippen LogP contribution in [0.3, 0.4) is 0 Å². The molecule has 166 valence electrons. The van der Waals surface area contributed by atoms with Crippen LogP contribution in [0.25, 0.3) is 11.3 Å². The minimum absolute atomic E-state index is 0.0890. The lowest BCUT2D eigenvalue weighted by Crippen LogP contribution is -2.36. The molecule has 0 saturated heterocycles. The van der Waals surface area contributed by atoms with Crippen molar-refractivity contribution in [3.05, 3.63) is 76.6 Å². The second-order valence-electron chi connectivity index (χ2n) is 7.88. The van der Waals surface area contributed by atoms with Gasteiger partial charge < -0.3 is 10.6 Å². The Balaban J connectivity index is 2.02. The van der Waals surface area contributed by atoms with Crippen molar-refractivity contribution in [1.82, 2.24) is 9.78 Å². The van der Waals surface area contributed by atoms with Crippen molar-refractivity contribution in [3.8, 4) is 11.3 Å². The van der Waals surface area contributed by atoms with E-state index in [1.54, 1.807) is 26.8 Å². The van der Waals surface area contributed by atoms with E-state index in [1.807, 2.05) is 61.5 Å². The maximum absolute atomic E-state index is 13.1. The van der Waals surface area contributed by atoms with Crippen molar-refractivity contribution in [2.75, 3.05) is 10.6 Å². The molecule has 3 rings (SSSR count). The summed E-state index contributed by atoms with van der Waals surface area (Å²) in [6, 6.07) is 17.5. The predicted octanol–water partition coefficient (Wildman–Crippen LogP) is 4.27. The van der Waals surface area contributed by atoms with Gasteiger partial charge in [-0.1, -0.05) is 69.3 Å². The van der Waals surface area contributed by atoms with E-state index < -0.39 is 11.6 Å². The van der Waals surface area contributed by atoms with E-state index in [1.165, 1.54) is 0 Å². The fourth-order valence-electron chi connectivity index (χ4n) is 3.19. The lowest BCUT2D eigenvalue weighted by atomic mass is 10.1. The molecular formula is C25H28N4O3. The first-order valence-electron chi connectivity index (χ1n) is 10.7. The first kappa shape index (κ1) is 22.9. The Morgan fingerprint density at radius 3 is 2.19 bits per heavy atom. The third kappa shape index (κ3) is 5.11. The van der Waals surface area contributed by atoms with Crippen LogP contribution in [0.15, 0.2) is 65.5 Å². The molecule has 0 saturated carbocycles. The number of aryl methyl sites for hydroxylation is 1. The van der Waals surface area contributed by atoms with Gasteiger partial charge in [-0.25, -0.2) is 4.68 Å². The molecular weight excluding hydrogens is 404 g/mol. The summed E-state index contributed by atoms with van der Waals surface area (Å²) in [6.45, 7) is 7.11. The molecule has 1 heterocycles. The second-order valence-corrected chi connectivity index (χ2v) is 7.88. The number of hydrogen-bond donors (Lipinski definition) is 2. The van der Waals surface area contributed by atoms with Crippen molar-refractivity contribution in [3.63, 3.8) is 0 Å². The van der Waals surface area contributed by atoms with Crippen molar-refractivity contribution in [1.29, 1.82) is 0 Å². The van der Waals surface area contributed by atoms with Gasteiger partial charge in [0.1, 0.15) is 11.7 Å². The maximum Gasteiger partial charge on any atom is 0.291 e. The molecule has 0 aliphatic carbocycles. The summed E-state index contributed by atoms with van der Waals surface area (Å²) in [4.78, 5) is 38.4. The summed E-state index contributed by atoms with van der Waals surface area (Å²) < 4.78 is 1.13. The molecule has 3 aromatic rings. The minimum atomic E-state index is -0.897. The number of hydrogen-bond acceptors (Lipinski definition) is 4. The third-order valence-corrected chi connectivity index (χ3v) is 5.19. The van der Waals surface area contributed by atoms with Gasteiger partial charge in [-0.05, 0) is 31.0 Å². The van der Waals surface area contributed by atoms with Crippen LogP contribution in [-0.4, -0.2) is 21.6 Å². The highest BCUT2D eigenvalue weighted by atomic mass is 16.2. The van der Waals surface area contributed by atoms with Gasteiger partial charge in [-0.2, -0.15) is 5.10 Å². The average Bonchev–Trinajstić information content (AvgIpc) is 2.80. The molecule has 0 fully saturated rings. The van der Waals surface area contributed by atoms with Gasteiger partial charge in [-0.15, -0.1) is 0 Å². The molecule has 0 aliphatic rings. The second kappa shape index (κ2) is 10.0. The van der Waals surface area contributed by atoms with Crippen molar-refractivity contribution < 1.29 is 9.59 Å². The van der Waals surface area contributed by atoms with Crippen molar-refractivity contribution >= 4 is 23.2 Å². The Morgan fingerprint density at radius 2 is 1.53 bits per heavy atom. The van der Waals surface area contributed by atoms with Crippen molar-refractivity contribution in [2.45, 2.75) is 40.2 Å². The topological polar surface area (TPSA) is 93.1 Å². The number of anilines is 2. The summed E-state index contributed by atoms with van der Waals surface area (Å²) in [5.41, 5.74) is 2.50. The number of aromatic nitrogens is 2. The number of carbonyl (C=O) groups is 2. The lowest BCUT2D eigenvalue weighted by Gasteiger charge is -2.18.